The van der Waals surface area contributed by atoms with Crippen molar-refractivity contribution in [2.45, 2.75) is 19.9 Å². The largest absolute Gasteiger partial charge is 0.327 e. The summed E-state index contributed by atoms with van der Waals surface area (Å²) in [6.45, 7) is 3.77. The molecule has 1 amide bonds. The van der Waals surface area contributed by atoms with E-state index in [1.807, 2.05) is 36.7 Å². The molecule has 0 fully saturated rings. The Labute approximate surface area is 138 Å². The number of halogens is 1. The van der Waals surface area contributed by atoms with Gasteiger partial charge < -0.3 is 14.8 Å². The van der Waals surface area contributed by atoms with E-state index in [4.69, 9.17) is 0 Å². The van der Waals surface area contributed by atoms with Gasteiger partial charge in [-0.1, -0.05) is 22.0 Å². The SMILES string of the molecule is Cc1c(Br)cccc1NC(=O)c1nc2c(n1C)CCN(C)C2. The van der Waals surface area contributed by atoms with E-state index in [0.717, 1.165) is 46.6 Å². The summed E-state index contributed by atoms with van der Waals surface area (Å²) in [5.74, 6) is 0.306. The maximum atomic E-state index is 12.6. The molecule has 22 heavy (non-hydrogen) atoms. The Bertz CT molecular complexity index is 738. The molecule has 1 aliphatic heterocycles. The maximum Gasteiger partial charge on any atom is 0.291 e. The second-order valence-electron chi connectivity index (χ2n) is 5.74. The second kappa shape index (κ2) is 5.85. The molecular weight excluding hydrogens is 344 g/mol. The van der Waals surface area contributed by atoms with Crippen LogP contribution >= 0.6 is 15.9 Å². The molecule has 1 aromatic carbocycles. The van der Waals surface area contributed by atoms with Crippen molar-refractivity contribution in [2.24, 2.45) is 7.05 Å². The van der Waals surface area contributed by atoms with Crippen LogP contribution in [0.3, 0.4) is 0 Å². The van der Waals surface area contributed by atoms with Crippen molar-refractivity contribution in [3.05, 3.63) is 45.4 Å². The molecule has 0 saturated heterocycles. The Hall–Kier alpha value is -1.66. The highest BCUT2D eigenvalue weighted by molar-refractivity contribution is 9.10. The van der Waals surface area contributed by atoms with Crippen LogP contribution in [0.4, 0.5) is 5.69 Å². The number of carbonyl (C=O) groups is 1. The van der Waals surface area contributed by atoms with Crippen LogP contribution in [0, 0.1) is 6.92 Å². The topological polar surface area (TPSA) is 50.2 Å². The van der Waals surface area contributed by atoms with Crippen LogP contribution in [0.15, 0.2) is 22.7 Å². The number of benzene rings is 1. The van der Waals surface area contributed by atoms with Crippen LogP contribution in [0.25, 0.3) is 0 Å². The number of anilines is 1. The summed E-state index contributed by atoms with van der Waals surface area (Å²) in [6, 6.07) is 5.76. The number of rotatable bonds is 2. The van der Waals surface area contributed by atoms with Crippen molar-refractivity contribution >= 4 is 27.5 Å². The van der Waals surface area contributed by atoms with Gasteiger partial charge in [0.25, 0.3) is 5.91 Å². The number of likely N-dealkylation sites (N-methyl/N-ethyl adjacent to an activating group) is 1. The van der Waals surface area contributed by atoms with Crippen LogP contribution in [0.2, 0.25) is 0 Å². The fourth-order valence-corrected chi connectivity index (χ4v) is 3.15. The van der Waals surface area contributed by atoms with Crippen LogP contribution in [-0.2, 0) is 20.0 Å². The van der Waals surface area contributed by atoms with Gasteiger partial charge in [0, 0.05) is 42.4 Å². The minimum Gasteiger partial charge on any atom is -0.327 e. The van der Waals surface area contributed by atoms with Crippen molar-refractivity contribution in [3.63, 3.8) is 0 Å². The summed E-state index contributed by atoms with van der Waals surface area (Å²) in [5, 5.41) is 2.96. The summed E-state index contributed by atoms with van der Waals surface area (Å²) < 4.78 is 2.90. The first-order valence-electron chi connectivity index (χ1n) is 7.27. The van der Waals surface area contributed by atoms with Crippen molar-refractivity contribution in [3.8, 4) is 0 Å². The van der Waals surface area contributed by atoms with E-state index in [1.165, 1.54) is 0 Å². The monoisotopic (exact) mass is 362 g/mol. The highest BCUT2D eigenvalue weighted by atomic mass is 79.9. The normalized spacial score (nSPS) is 14.7. The molecule has 0 bridgehead atoms. The summed E-state index contributed by atoms with van der Waals surface area (Å²) in [7, 11) is 3.99. The molecule has 0 unspecified atom stereocenters. The molecule has 2 aromatic rings. The number of carbonyl (C=O) groups excluding carboxylic acids is 1. The van der Waals surface area contributed by atoms with Gasteiger partial charge in [-0.2, -0.15) is 0 Å². The van der Waals surface area contributed by atoms with E-state index in [0.29, 0.717) is 5.82 Å². The minimum absolute atomic E-state index is 0.166. The number of nitrogens with zero attached hydrogens (tertiary/aromatic N) is 3. The second-order valence-corrected chi connectivity index (χ2v) is 6.60. The zero-order valence-electron chi connectivity index (χ0n) is 13.0. The summed E-state index contributed by atoms with van der Waals surface area (Å²) in [5.41, 5.74) is 3.98. The highest BCUT2D eigenvalue weighted by Crippen LogP contribution is 2.24. The lowest BCUT2D eigenvalue weighted by atomic mass is 10.1. The summed E-state index contributed by atoms with van der Waals surface area (Å²) in [6.07, 6.45) is 0.929. The minimum atomic E-state index is -0.166. The number of imidazole rings is 1. The smallest absolute Gasteiger partial charge is 0.291 e. The highest BCUT2D eigenvalue weighted by Gasteiger charge is 2.24. The van der Waals surface area contributed by atoms with Gasteiger partial charge in [0.2, 0.25) is 0 Å². The summed E-state index contributed by atoms with van der Waals surface area (Å²) in [4.78, 5) is 19.3. The van der Waals surface area contributed by atoms with Gasteiger partial charge in [-0.25, -0.2) is 4.98 Å². The van der Waals surface area contributed by atoms with E-state index in [2.05, 4.69) is 38.2 Å². The molecule has 1 aromatic heterocycles. The number of hydrogen-bond donors (Lipinski definition) is 1. The number of nitrogens with one attached hydrogen (secondary N) is 1. The Morgan fingerprint density at radius 2 is 2.14 bits per heavy atom. The third kappa shape index (κ3) is 2.68. The molecule has 2 heterocycles. The van der Waals surface area contributed by atoms with Gasteiger partial charge in [-0.05, 0) is 31.7 Å². The van der Waals surface area contributed by atoms with E-state index < -0.39 is 0 Å². The molecule has 5 nitrogen and oxygen atoms in total. The van der Waals surface area contributed by atoms with Gasteiger partial charge in [0.15, 0.2) is 5.82 Å². The quantitative estimate of drug-likeness (QED) is 0.893. The average Bonchev–Trinajstić information content (AvgIpc) is 2.80. The molecule has 116 valence electrons. The van der Waals surface area contributed by atoms with E-state index in [9.17, 15) is 4.79 Å². The zero-order chi connectivity index (χ0) is 15.9. The Kier molecular flexibility index (Phi) is 4.06. The van der Waals surface area contributed by atoms with Gasteiger partial charge >= 0.3 is 0 Å². The van der Waals surface area contributed by atoms with Crippen molar-refractivity contribution in [1.29, 1.82) is 0 Å². The fraction of sp³-hybridized carbons (Fsp3) is 0.375. The number of hydrogen-bond acceptors (Lipinski definition) is 3. The molecule has 0 aliphatic carbocycles. The van der Waals surface area contributed by atoms with E-state index in [-0.39, 0.29) is 5.91 Å². The number of aromatic nitrogens is 2. The lowest BCUT2D eigenvalue weighted by molar-refractivity contribution is 0.101. The number of fused-ring (bicyclic) bond motifs is 1. The predicted molar refractivity (Wildman–Crippen MR) is 90.1 cm³/mol. The van der Waals surface area contributed by atoms with Crippen molar-refractivity contribution < 1.29 is 4.79 Å². The first-order chi connectivity index (χ1) is 10.5. The third-order valence-corrected chi connectivity index (χ3v) is 5.02. The predicted octanol–water partition coefficient (Wildman–Crippen LogP) is 2.73. The summed E-state index contributed by atoms with van der Waals surface area (Å²) >= 11 is 3.48. The molecular formula is C16H19BrN4O. The first kappa shape index (κ1) is 15.2. The molecule has 1 aliphatic rings. The van der Waals surface area contributed by atoms with Crippen LogP contribution < -0.4 is 5.32 Å². The Balaban J connectivity index is 1.88. The number of amides is 1. The molecule has 1 N–H and O–H groups in total. The van der Waals surface area contributed by atoms with Gasteiger partial charge in [0.05, 0.1) is 5.69 Å². The molecule has 0 spiro atoms. The van der Waals surface area contributed by atoms with E-state index >= 15 is 0 Å². The molecule has 0 atom stereocenters. The van der Waals surface area contributed by atoms with Crippen molar-refractivity contribution in [2.75, 3.05) is 18.9 Å². The third-order valence-electron chi connectivity index (χ3n) is 4.17. The Morgan fingerprint density at radius 3 is 2.91 bits per heavy atom. The van der Waals surface area contributed by atoms with Crippen molar-refractivity contribution in [1.82, 2.24) is 14.5 Å². The maximum absolute atomic E-state index is 12.6. The van der Waals surface area contributed by atoms with Crippen LogP contribution in [-0.4, -0.2) is 34.0 Å². The van der Waals surface area contributed by atoms with Gasteiger partial charge in [-0.3, -0.25) is 4.79 Å². The average molecular weight is 363 g/mol. The molecule has 3 rings (SSSR count). The standard InChI is InChI=1S/C16H19BrN4O/c1-10-11(17)5-4-6-12(10)19-16(22)15-18-13-9-20(2)8-7-14(13)21(15)3/h4-6H,7-9H2,1-3H3,(H,19,22). The molecule has 6 heteroatoms. The van der Waals surface area contributed by atoms with Gasteiger partial charge in [0.1, 0.15) is 0 Å². The molecule has 0 radical (unpaired) electrons. The van der Waals surface area contributed by atoms with E-state index in [1.54, 1.807) is 0 Å². The molecule has 0 saturated carbocycles. The lowest BCUT2D eigenvalue weighted by Crippen LogP contribution is -2.27. The van der Waals surface area contributed by atoms with Crippen LogP contribution in [0.5, 0.6) is 0 Å². The van der Waals surface area contributed by atoms with Gasteiger partial charge in [-0.15, -0.1) is 0 Å². The zero-order valence-corrected chi connectivity index (χ0v) is 14.6. The Morgan fingerprint density at radius 1 is 1.36 bits per heavy atom. The lowest BCUT2D eigenvalue weighted by Gasteiger charge is -2.21. The fourth-order valence-electron chi connectivity index (χ4n) is 2.78. The first-order valence-corrected chi connectivity index (χ1v) is 8.06. The van der Waals surface area contributed by atoms with Crippen LogP contribution in [0.1, 0.15) is 27.6 Å².